The van der Waals surface area contributed by atoms with Gasteiger partial charge in [0, 0.05) is 24.9 Å². The van der Waals surface area contributed by atoms with Gasteiger partial charge in [-0.25, -0.2) is 9.97 Å². The van der Waals surface area contributed by atoms with E-state index in [-0.39, 0.29) is 0 Å². The molecule has 0 radical (unpaired) electrons. The first kappa shape index (κ1) is 14.0. The molecule has 0 aliphatic heterocycles. The minimum absolute atomic E-state index is 0.533. The zero-order chi connectivity index (χ0) is 14.8. The average molecular weight is 287 g/mol. The summed E-state index contributed by atoms with van der Waals surface area (Å²) in [6.45, 7) is 4.62. The third kappa shape index (κ3) is 2.89. The van der Waals surface area contributed by atoms with Crippen molar-refractivity contribution >= 4 is 5.95 Å². The van der Waals surface area contributed by atoms with Crippen LogP contribution in [0.1, 0.15) is 48.4 Å². The van der Waals surface area contributed by atoms with Crippen molar-refractivity contribution in [1.29, 1.82) is 0 Å². The Hall–Kier alpha value is -1.98. The number of hydrogen-bond acceptors (Lipinski definition) is 6. The predicted molar refractivity (Wildman–Crippen MR) is 79.2 cm³/mol. The molecule has 21 heavy (non-hydrogen) atoms. The van der Waals surface area contributed by atoms with Gasteiger partial charge in [-0.15, -0.1) is 0 Å². The normalized spacial score (nSPS) is 14.0. The molecule has 6 nitrogen and oxygen atoms in total. The van der Waals surface area contributed by atoms with Crippen LogP contribution in [0, 0.1) is 6.92 Å². The van der Waals surface area contributed by atoms with Crippen molar-refractivity contribution in [3.63, 3.8) is 0 Å². The molecule has 2 heterocycles. The number of fused-ring (bicyclic) bond motifs is 1. The van der Waals surface area contributed by atoms with Crippen LogP contribution in [-0.4, -0.2) is 27.2 Å². The van der Waals surface area contributed by atoms with Crippen LogP contribution in [0.15, 0.2) is 4.52 Å². The number of aryl methyl sites for hydroxylation is 3. The van der Waals surface area contributed by atoms with Gasteiger partial charge in [0.25, 0.3) is 0 Å². The fourth-order valence-electron chi connectivity index (χ4n) is 2.71. The van der Waals surface area contributed by atoms with Crippen molar-refractivity contribution in [3.05, 3.63) is 28.7 Å². The fraction of sp³-hybridized carbons (Fsp3) is 0.600. The van der Waals surface area contributed by atoms with Crippen LogP contribution >= 0.6 is 0 Å². The maximum absolute atomic E-state index is 5.23. The monoisotopic (exact) mass is 287 g/mol. The maximum Gasteiger partial charge on any atom is 0.246 e. The van der Waals surface area contributed by atoms with Crippen molar-refractivity contribution in [2.75, 3.05) is 11.9 Å². The molecule has 0 aromatic carbocycles. The molecule has 112 valence electrons. The SMILES string of the molecule is CCc1noc(CN(C)c2nc(C)c3c(n2)CCCC3)n1. The summed E-state index contributed by atoms with van der Waals surface area (Å²) in [7, 11) is 1.96. The van der Waals surface area contributed by atoms with Gasteiger partial charge in [0.1, 0.15) is 0 Å². The van der Waals surface area contributed by atoms with Gasteiger partial charge in [-0.1, -0.05) is 12.1 Å². The van der Waals surface area contributed by atoms with E-state index < -0.39 is 0 Å². The molecule has 1 aliphatic rings. The number of anilines is 1. The molecule has 0 N–H and O–H groups in total. The maximum atomic E-state index is 5.23. The van der Waals surface area contributed by atoms with Crippen LogP contribution < -0.4 is 4.90 Å². The van der Waals surface area contributed by atoms with Crippen LogP contribution in [-0.2, 0) is 25.8 Å². The van der Waals surface area contributed by atoms with Gasteiger partial charge in [0.15, 0.2) is 5.82 Å². The molecule has 0 atom stereocenters. The summed E-state index contributed by atoms with van der Waals surface area (Å²) < 4.78 is 5.23. The third-order valence-electron chi connectivity index (χ3n) is 3.92. The molecule has 6 heteroatoms. The lowest BCUT2D eigenvalue weighted by atomic mass is 9.95. The summed E-state index contributed by atoms with van der Waals surface area (Å²) in [5.41, 5.74) is 3.64. The molecule has 0 spiro atoms. The van der Waals surface area contributed by atoms with E-state index in [1.54, 1.807) is 0 Å². The van der Waals surface area contributed by atoms with Gasteiger partial charge in [0.05, 0.1) is 6.54 Å². The Morgan fingerprint density at radius 2 is 1.95 bits per heavy atom. The molecule has 0 amide bonds. The van der Waals surface area contributed by atoms with Gasteiger partial charge in [-0.05, 0) is 38.2 Å². The highest BCUT2D eigenvalue weighted by molar-refractivity contribution is 5.37. The Labute approximate surface area is 124 Å². The van der Waals surface area contributed by atoms with E-state index in [1.165, 1.54) is 24.1 Å². The number of hydrogen-bond donors (Lipinski definition) is 0. The lowest BCUT2D eigenvalue weighted by Crippen LogP contribution is -2.22. The third-order valence-corrected chi connectivity index (χ3v) is 3.92. The molecular weight excluding hydrogens is 266 g/mol. The molecule has 0 unspecified atom stereocenters. The summed E-state index contributed by atoms with van der Waals surface area (Å²) in [6.07, 6.45) is 5.40. The lowest BCUT2D eigenvalue weighted by Gasteiger charge is -2.21. The Morgan fingerprint density at radius 1 is 1.14 bits per heavy atom. The van der Waals surface area contributed by atoms with Gasteiger partial charge >= 0.3 is 0 Å². The summed E-state index contributed by atoms with van der Waals surface area (Å²) in [5, 5.41) is 3.92. The second kappa shape index (κ2) is 5.79. The smallest absolute Gasteiger partial charge is 0.246 e. The first-order valence-electron chi connectivity index (χ1n) is 7.56. The van der Waals surface area contributed by atoms with Crippen LogP contribution in [0.4, 0.5) is 5.95 Å². The second-order valence-corrected chi connectivity index (χ2v) is 5.56. The Kier molecular flexibility index (Phi) is 3.86. The lowest BCUT2D eigenvalue weighted by molar-refractivity contribution is 0.372. The molecule has 3 rings (SSSR count). The van der Waals surface area contributed by atoms with E-state index in [9.17, 15) is 0 Å². The summed E-state index contributed by atoms with van der Waals surface area (Å²) >= 11 is 0. The van der Waals surface area contributed by atoms with Crippen molar-refractivity contribution in [3.8, 4) is 0 Å². The Bertz CT molecular complexity index is 637. The number of rotatable bonds is 4. The zero-order valence-electron chi connectivity index (χ0n) is 12.9. The van der Waals surface area contributed by atoms with E-state index in [1.807, 2.05) is 18.9 Å². The summed E-state index contributed by atoms with van der Waals surface area (Å²) in [5.74, 6) is 2.08. The number of aromatic nitrogens is 4. The summed E-state index contributed by atoms with van der Waals surface area (Å²) in [6, 6.07) is 0. The molecular formula is C15H21N5O. The van der Waals surface area contributed by atoms with Gasteiger partial charge in [-0.2, -0.15) is 4.98 Å². The quantitative estimate of drug-likeness (QED) is 0.859. The van der Waals surface area contributed by atoms with Crippen molar-refractivity contribution < 1.29 is 4.52 Å². The van der Waals surface area contributed by atoms with E-state index >= 15 is 0 Å². The minimum atomic E-state index is 0.533. The highest BCUT2D eigenvalue weighted by atomic mass is 16.5. The largest absolute Gasteiger partial charge is 0.337 e. The van der Waals surface area contributed by atoms with Gasteiger partial charge in [0.2, 0.25) is 11.8 Å². The van der Waals surface area contributed by atoms with E-state index in [0.717, 1.165) is 36.7 Å². The number of nitrogens with zero attached hydrogens (tertiary/aromatic N) is 5. The standard InChI is InChI=1S/C15H21N5O/c1-4-13-18-14(21-19-13)9-20(3)15-16-10(2)11-7-5-6-8-12(11)17-15/h4-9H2,1-3H3. The average Bonchev–Trinajstić information content (AvgIpc) is 2.95. The van der Waals surface area contributed by atoms with Crippen molar-refractivity contribution in [1.82, 2.24) is 20.1 Å². The molecule has 2 aromatic heterocycles. The van der Waals surface area contributed by atoms with Crippen LogP contribution in [0.5, 0.6) is 0 Å². The van der Waals surface area contributed by atoms with Crippen LogP contribution in [0.25, 0.3) is 0 Å². The summed E-state index contributed by atoms with van der Waals surface area (Å²) in [4.78, 5) is 15.7. The molecule has 0 bridgehead atoms. The highest BCUT2D eigenvalue weighted by Crippen LogP contribution is 2.24. The predicted octanol–water partition coefficient (Wildman–Crippen LogP) is 2.25. The minimum Gasteiger partial charge on any atom is -0.337 e. The van der Waals surface area contributed by atoms with Crippen LogP contribution in [0.2, 0.25) is 0 Å². The second-order valence-electron chi connectivity index (χ2n) is 5.56. The Balaban J connectivity index is 1.81. The van der Waals surface area contributed by atoms with E-state index in [2.05, 4.69) is 22.0 Å². The van der Waals surface area contributed by atoms with Gasteiger partial charge in [-0.3, -0.25) is 0 Å². The van der Waals surface area contributed by atoms with Gasteiger partial charge < -0.3 is 9.42 Å². The van der Waals surface area contributed by atoms with E-state index in [0.29, 0.717) is 12.4 Å². The molecule has 0 saturated carbocycles. The van der Waals surface area contributed by atoms with Crippen molar-refractivity contribution in [2.24, 2.45) is 0 Å². The zero-order valence-corrected chi connectivity index (χ0v) is 12.9. The van der Waals surface area contributed by atoms with E-state index in [4.69, 9.17) is 9.51 Å². The molecule has 1 aliphatic carbocycles. The highest BCUT2D eigenvalue weighted by Gasteiger charge is 2.18. The van der Waals surface area contributed by atoms with Crippen LogP contribution in [0.3, 0.4) is 0 Å². The fourth-order valence-corrected chi connectivity index (χ4v) is 2.71. The first-order chi connectivity index (χ1) is 10.2. The molecule has 2 aromatic rings. The molecule has 0 saturated heterocycles. The first-order valence-corrected chi connectivity index (χ1v) is 7.56. The van der Waals surface area contributed by atoms with Crippen molar-refractivity contribution in [2.45, 2.75) is 52.5 Å². The molecule has 0 fully saturated rings. The topological polar surface area (TPSA) is 67.9 Å². The Morgan fingerprint density at radius 3 is 2.71 bits per heavy atom.